The third kappa shape index (κ3) is 3.84. The Hall–Kier alpha value is -1.31. The molecule has 2 aliphatic carbocycles. The molecule has 0 atom stereocenters. The largest absolute Gasteiger partial charge is 0.490 e. The summed E-state index contributed by atoms with van der Waals surface area (Å²) in [6, 6.07) is 7.74. The van der Waals surface area contributed by atoms with Crippen molar-refractivity contribution in [1.29, 1.82) is 0 Å². The first-order valence-electron chi connectivity index (χ1n) is 8.11. The van der Waals surface area contributed by atoms with E-state index in [1.54, 1.807) is 0 Å². The summed E-state index contributed by atoms with van der Waals surface area (Å²) >= 11 is 0. The maximum Gasteiger partial charge on any atom is 0.163 e. The Kier molecular flexibility index (Phi) is 4.39. The highest BCUT2D eigenvalue weighted by molar-refractivity contribution is 5.96. The third-order valence-corrected chi connectivity index (χ3v) is 4.45. The lowest BCUT2D eigenvalue weighted by Gasteiger charge is -2.13. The molecule has 1 aromatic rings. The molecule has 108 valence electrons. The zero-order valence-electron chi connectivity index (χ0n) is 12.1. The maximum atomic E-state index is 12.3. The van der Waals surface area contributed by atoms with Crippen molar-refractivity contribution in [2.45, 2.75) is 63.9 Å². The molecular formula is C18H24O2. The molecule has 2 nitrogen and oxygen atoms in total. The summed E-state index contributed by atoms with van der Waals surface area (Å²) in [5.74, 6) is 1.81. The first kappa shape index (κ1) is 13.7. The lowest BCUT2D eigenvalue weighted by molar-refractivity contribution is 0.0957. The Morgan fingerprint density at radius 2 is 1.60 bits per heavy atom. The molecule has 20 heavy (non-hydrogen) atoms. The van der Waals surface area contributed by atoms with Crippen LogP contribution in [-0.4, -0.2) is 11.9 Å². The van der Waals surface area contributed by atoms with Crippen LogP contribution in [0.5, 0.6) is 5.75 Å². The first-order valence-corrected chi connectivity index (χ1v) is 8.11. The lowest BCUT2D eigenvalue weighted by atomic mass is 9.92. The molecule has 3 rings (SSSR count). The molecule has 0 unspecified atom stereocenters. The van der Waals surface area contributed by atoms with E-state index in [-0.39, 0.29) is 0 Å². The Labute approximate surface area is 121 Å². The molecular weight excluding hydrogens is 248 g/mol. The van der Waals surface area contributed by atoms with Gasteiger partial charge < -0.3 is 4.74 Å². The zero-order valence-corrected chi connectivity index (χ0v) is 12.1. The number of carbonyl (C=O) groups excluding carboxylic acids is 1. The van der Waals surface area contributed by atoms with Gasteiger partial charge >= 0.3 is 0 Å². The zero-order chi connectivity index (χ0) is 13.8. The van der Waals surface area contributed by atoms with Gasteiger partial charge in [-0.3, -0.25) is 4.79 Å². The van der Waals surface area contributed by atoms with Crippen molar-refractivity contribution in [1.82, 2.24) is 0 Å². The van der Waals surface area contributed by atoms with Gasteiger partial charge in [-0.15, -0.1) is 0 Å². The molecule has 1 aromatic carbocycles. The van der Waals surface area contributed by atoms with Gasteiger partial charge in [0.2, 0.25) is 0 Å². The number of hydrogen-bond donors (Lipinski definition) is 0. The summed E-state index contributed by atoms with van der Waals surface area (Å²) in [6.45, 7) is 0. The van der Waals surface area contributed by atoms with Crippen molar-refractivity contribution in [3.8, 4) is 5.75 Å². The molecule has 0 spiro atoms. The standard InChI is InChI=1S/C18H24O2/c19-18(13-14-5-3-1-2-4-6-14)15-7-9-16(10-8-15)20-17-11-12-17/h7-10,14,17H,1-6,11-13H2. The Morgan fingerprint density at radius 3 is 2.20 bits per heavy atom. The number of rotatable bonds is 5. The number of benzene rings is 1. The van der Waals surface area contributed by atoms with Crippen molar-refractivity contribution in [2.75, 3.05) is 0 Å². The van der Waals surface area contributed by atoms with E-state index in [1.165, 1.54) is 51.4 Å². The van der Waals surface area contributed by atoms with Gasteiger partial charge in [-0.1, -0.05) is 38.5 Å². The van der Waals surface area contributed by atoms with E-state index >= 15 is 0 Å². The van der Waals surface area contributed by atoms with E-state index in [9.17, 15) is 4.79 Å². The fraction of sp³-hybridized carbons (Fsp3) is 0.611. The number of ketones is 1. The molecule has 0 N–H and O–H groups in total. The predicted molar refractivity (Wildman–Crippen MR) is 80.2 cm³/mol. The first-order chi connectivity index (χ1) is 9.81. The number of Topliss-reactive ketones (excluding diaryl/α,β-unsaturated/α-hetero) is 1. The van der Waals surface area contributed by atoms with Crippen molar-refractivity contribution in [3.05, 3.63) is 29.8 Å². The third-order valence-electron chi connectivity index (χ3n) is 4.45. The Bertz CT molecular complexity index is 437. The lowest BCUT2D eigenvalue weighted by Crippen LogP contribution is -2.08. The second-order valence-corrected chi connectivity index (χ2v) is 6.33. The van der Waals surface area contributed by atoms with Crippen LogP contribution in [0, 0.1) is 5.92 Å². The summed E-state index contributed by atoms with van der Waals surface area (Å²) in [6.07, 6.45) is 11.2. The highest BCUT2D eigenvalue weighted by Crippen LogP contribution is 2.28. The summed E-state index contributed by atoms with van der Waals surface area (Å²) in [7, 11) is 0. The van der Waals surface area contributed by atoms with E-state index in [2.05, 4.69) is 0 Å². The van der Waals surface area contributed by atoms with Crippen LogP contribution in [0.15, 0.2) is 24.3 Å². The predicted octanol–water partition coefficient (Wildman–Crippen LogP) is 4.77. The summed E-state index contributed by atoms with van der Waals surface area (Å²) in [4.78, 5) is 12.3. The van der Waals surface area contributed by atoms with Crippen LogP contribution < -0.4 is 4.74 Å². The van der Waals surface area contributed by atoms with E-state index in [0.29, 0.717) is 17.8 Å². The van der Waals surface area contributed by atoms with Crippen LogP contribution in [0.3, 0.4) is 0 Å². The summed E-state index contributed by atoms with van der Waals surface area (Å²) in [5.41, 5.74) is 0.845. The van der Waals surface area contributed by atoms with Crippen LogP contribution >= 0.6 is 0 Å². The second kappa shape index (κ2) is 6.43. The molecule has 2 saturated carbocycles. The van der Waals surface area contributed by atoms with Crippen LogP contribution in [0.4, 0.5) is 0 Å². The average molecular weight is 272 g/mol. The van der Waals surface area contributed by atoms with Crippen LogP contribution in [-0.2, 0) is 0 Å². The average Bonchev–Trinajstić information content (AvgIpc) is 3.27. The molecule has 0 radical (unpaired) electrons. The molecule has 2 aliphatic rings. The quantitative estimate of drug-likeness (QED) is 0.570. The van der Waals surface area contributed by atoms with Gasteiger partial charge in [-0.05, 0) is 43.0 Å². The van der Waals surface area contributed by atoms with Crippen LogP contribution in [0.2, 0.25) is 0 Å². The van der Waals surface area contributed by atoms with Crippen molar-refractivity contribution in [2.24, 2.45) is 5.92 Å². The van der Waals surface area contributed by atoms with Crippen LogP contribution in [0.1, 0.15) is 68.1 Å². The molecule has 0 saturated heterocycles. The Balaban J connectivity index is 1.55. The molecule has 0 heterocycles. The minimum atomic E-state index is 0.301. The van der Waals surface area contributed by atoms with Gasteiger partial charge in [-0.2, -0.15) is 0 Å². The van der Waals surface area contributed by atoms with Crippen LogP contribution in [0.25, 0.3) is 0 Å². The van der Waals surface area contributed by atoms with E-state index < -0.39 is 0 Å². The fourth-order valence-electron chi connectivity index (χ4n) is 3.05. The van der Waals surface area contributed by atoms with Crippen molar-refractivity contribution in [3.63, 3.8) is 0 Å². The minimum absolute atomic E-state index is 0.301. The van der Waals surface area contributed by atoms with Gasteiger partial charge in [0.25, 0.3) is 0 Å². The van der Waals surface area contributed by atoms with Gasteiger partial charge in [0.15, 0.2) is 5.78 Å². The maximum absolute atomic E-state index is 12.3. The summed E-state index contributed by atoms with van der Waals surface area (Å²) in [5, 5.41) is 0. The molecule has 2 fully saturated rings. The van der Waals surface area contributed by atoms with Gasteiger partial charge in [0.1, 0.15) is 5.75 Å². The number of carbonyl (C=O) groups is 1. The molecule has 0 bridgehead atoms. The van der Waals surface area contributed by atoms with Gasteiger partial charge in [0.05, 0.1) is 6.10 Å². The van der Waals surface area contributed by atoms with E-state index in [0.717, 1.165) is 17.7 Å². The van der Waals surface area contributed by atoms with E-state index in [4.69, 9.17) is 4.74 Å². The van der Waals surface area contributed by atoms with Gasteiger partial charge in [0, 0.05) is 12.0 Å². The molecule has 0 aromatic heterocycles. The second-order valence-electron chi connectivity index (χ2n) is 6.33. The van der Waals surface area contributed by atoms with E-state index in [1.807, 2.05) is 24.3 Å². The van der Waals surface area contributed by atoms with Crippen molar-refractivity contribution >= 4 is 5.78 Å². The highest BCUT2D eigenvalue weighted by atomic mass is 16.5. The summed E-state index contributed by atoms with van der Waals surface area (Å²) < 4.78 is 5.72. The minimum Gasteiger partial charge on any atom is -0.490 e. The molecule has 0 amide bonds. The SMILES string of the molecule is O=C(CC1CCCCCC1)c1ccc(OC2CC2)cc1. The topological polar surface area (TPSA) is 26.3 Å². The monoisotopic (exact) mass is 272 g/mol. The smallest absolute Gasteiger partial charge is 0.163 e. The number of ether oxygens (including phenoxy) is 1. The normalized spacial score (nSPS) is 20.4. The molecule has 0 aliphatic heterocycles. The number of hydrogen-bond acceptors (Lipinski definition) is 2. The van der Waals surface area contributed by atoms with Gasteiger partial charge in [-0.25, -0.2) is 0 Å². The molecule has 2 heteroatoms. The highest BCUT2D eigenvalue weighted by Gasteiger charge is 2.23. The van der Waals surface area contributed by atoms with Crippen molar-refractivity contribution < 1.29 is 9.53 Å². The fourth-order valence-corrected chi connectivity index (χ4v) is 3.05. The Morgan fingerprint density at radius 1 is 0.950 bits per heavy atom.